The first-order valence-corrected chi connectivity index (χ1v) is 9.92. The van der Waals surface area contributed by atoms with E-state index in [0.717, 1.165) is 41.6 Å². The van der Waals surface area contributed by atoms with E-state index in [0.29, 0.717) is 18.4 Å². The summed E-state index contributed by atoms with van der Waals surface area (Å²) in [6.07, 6.45) is 3.09. The zero-order valence-corrected chi connectivity index (χ0v) is 16.7. The van der Waals surface area contributed by atoms with Crippen molar-refractivity contribution in [3.63, 3.8) is 0 Å². The van der Waals surface area contributed by atoms with E-state index in [2.05, 4.69) is 28.8 Å². The highest BCUT2D eigenvalue weighted by Gasteiger charge is 2.24. The van der Waals surface area contributed by atoms with Crippen molar-refractivity contribution >= 4 is 5.95 Å². The molecule has 0 saturated carbocycles. The molecule has 2 atom stereocenters. The summed E-state index contributed by atoms with van der Waals surface area (Å²) >= 11 is 0. The Balaban J connectivity index is 1.58. The van der Waals surface area contributed by atoms with Crippen molar-refractivity contribution in [2.75, 3.05) is 18.0 Å². The molecule has 146 valence electrons. The molecule has 2 unspecified atom stereocenters. The van der Waals surface area contributed by atoms with E-state index in [9.17, 15) is 4.79 Å². The van der Waals surface area contributed by atoms with Gasteiger partial charge in [0, 0.05) is 30.9 Å². The van der Waals surface area contributed by atoms with E-state index >= 15 is 0 Å². The molecule has 0 bridgehead atoms. The molecule has 1 aromatic carbocycles. The Bertz CT molecular complexity index is 997. The lowest BCUT2D eigenvalue weighted by Gasteiger charge is -2.35. The second-order valence-electron chi connectivity index (χ2n) is 8.10. The minimum Gasteiger partial charge on any atom is -0.340 e. The summed E-state index contributed by atoms with van der Waals surface area (Å²) in [6.45, 7) is 9.04. The van der Waals surface area contributed by atoms with E-state index in [4.69, 9.17) is 4.98 Å². The normalized spacial score (nSPS) is 19.8. The van der Waals surface area contributed by atoms with Crippen molar-refractivity contribution in [2.45, 2.75) is 33.7 Å². The Morgan fingerprint density at radius 1 is 1.14 bits per heavy atom. The predicted molar refractivity (Wildman–Crippen MR) is 112 cm³/mol. The third kappa shape index (κ3) is 3.86. The molecule has 1 aliphatic rings. The van der Waals surface area contributed by atoms with Crippen molar-refractivity contribution in [3.05, 3.63) is 64.2 Å². The number of rotatable bonds is 4. The highest BCUT2D eigenvalue weighted by molar-refractivity contribution is 5.61. The molecule has 3 heterocycles. The lowest BCUT2D eigenvalue weighted by molar-refractivity contribution is 0.353. The number of aryl methyl sites for hydroxylation is 1. The van der Waals surface area contributed by atoms with Crippen LogP contribution < -0.4 is 10.5 Å². The number of hydrogen-bond donors (Lipinski definition) is 1. The van der Waals surface area contributed by atoms with Gasteiger partial charge in [0.25, 0.3) is 5.56 Å². The monoisotopic (exact) mass is 377 g/mol. The van der Waals surface area contributed by atoms with E-state index in [-0.39, 0.29) is 5.56 Å². The maximum atomic E-state index is 12.4. The number of nitrogens with zero attached hydrogens (tertiary/aromatic N) is 4. The molecule has 4 rings (SSSR count). The highest BCUT2D eigenvalue weighted by Crippen LogP contribution is 2.26. The first kappa shape index (κ1) is 18.5. The van der Waals surface area contributed by atoms with Crippen LogP contribution in [0.3, 0.4) is 0 Å². The Morgan fingerprint density at radius 2 is 1.86 bits per heavy atom. The van der Waals surface area contributed by atoms with Gasteiger partial charge in [-0.25, -0.2) is 14.6 Å². The molecular weight excluding hydrogens is 350 g/mol. The van der Waals surface area contributed by atoms with E-state index in [1.807, 2.05) is 43.5 Å². The molecule has 6 heteroatoms. The summed E-state index contributed by atoms with van der Waals surface area (Å²) in [4.78, 5) is 24.0. The molecule has 1 aliphatic heterocycles. The zero-order chi connectivity index (χ0) is 19.7. The number of piperidine rings is 1. The number of H-pyrrole nitrogens is 1. The lowest BCUT2D eigenvalue weighted by Crippen LogP contribution is -2.39. The fourth-order valence-electron chi connectivity index (χ4n) is 4.15. The molecule has 0 aliphatic carbocycles. The summed E-state index contributed by atoms with van der Waals surface area (Å²) < 4.78 is 1.62. The maximum Gasteiger partial charge on any atom is 0.267 e. The quantitative estimate of drug-likeness (QED) is 0.756. The first-order valence-electron chi connectivity index (χ1n) is 9.92. The Kier molecular flexibility index (Phi) is 5.03. The van der Waals surface area contributed by atoms with Gasteiger partial charge in [0.15, 0.2) is 0 Å². The van der Waals surface area contributed by atoms with Crippen LogP contribution in [0.4, 0.5) is 5.95 Å². The van der Waals surface area contributed by atoms with Crippen LogP contribution in [0.5, 0.6) is 0 Å². The first-order chi connectivity index (χ1) is 13.5. The fourth-order valence-corrected chi connectivity index (χ4v) is 4.15. The smallest absolute Gasteiger partial charge is 0.267 e. The Labute approximate surface area is 165 Å². The van der Waals surface area contributed by atoms with Gasteiger partial charge in [0.05, 0.1) is 17.9 Å². The highest BCUT2D eigenvalue weighted by atomic mass is 16.1. The molecule has 0 radical (unpaired) electrons. The second kappa shape index (κ2) is 7.62. The van der Waals surface area contributed by atoms with Crippen LogP contribution in [-0.4, -0.2) is 32.8 Å². The third-order valence-electron chi connectivity index (χ3n) is 5.38. The van der Waals surface area contributed by atoms with Crippen LogP contribution in [0.2, 0.25) is 0 Å². The number of aromatic nitrogens is 4. The minimum atomic E-state index is -0.0546. The molecule has 0 amide bonds. The van der Waals surface area contributed by atoms with Gasteiger partial charge in [-0.1, -0.05) is 44.2 Å². The molecule has 0 spiro atoms. The van der Waals surface area contributed by atoms with Gasteiger partial charge in [-0.15, -0.1) is 0 Å². The van der Waals surface area contributed by atoms with Crippen LogP contribution in [0, 0.1) is 18.8 Å². The number of aromatic amines is 1. The fraction of sp³-hybridized carbons (Fsp3) is 0.409. The SMILES string of the molecule is Cc1nc(N2CC(C)CC(C)C2)ncc1-c1cc(=O)n(Cc2ccccc2)[nH]1. The van der Waals surface area contributed by atoms with Crippen molar-refractivity contribution in [2.24, 2.45) is 11.8 Å². The lowest BCUT2D eigenvalue weighted by atomic mass is 9.92. The van der Waals surface area contributed by atoms with Crippen molar-refractivity contribution in [1.29, 1.82) is 0 Å². The largest absolute Gasteiger partial charge is 0.340 e. The molecule has 28 heavy (non-hydrogen) atoms. The van der Waals surface area contributed by atoms with E-state index in [1.165, 1.54) is 6.42 Å². The Morgan fingerprint density at radius 3 is 2.54 bits per heavy atom. The van der Waals surface area contributed by atoms with Gasteiger partial charge in [-0.3, -0.25) is 9.89 Å². The second-order valence-corrected chi connectivity index (χ2v) is 8.10. The number of nitrogens with one attached hydrogen (secondary N) is 1. The van der Waals surface area contributed by atoms with Crippen LogP contribution in [0.1, 0.15) is 31.5 Å². The molecule has 3 aromatic rings. The van der Waals surface area contributed by atoms with Gasteiger partial charge in [0.1, 0.15) is 0 Å². The summed E-state index contributed by atoms with van der Waals surface area (Å²) in [7, 11) is 0. The van der Waals surface area contributed by atoms with Gasteiger partial charge >= 0.3 is 0 Å². The number of anilines is 1. The van der Waals surface area contributed by atoms with Gasteiger partial charge in [-0.05, 0) is 30.7 Å². The number of benzene rings is 1. The van der Waals surface area contributed by atoms with Gasteiger partial charge < -0.3 is 4.90 Å². The minimum absolute atomic E-state index is 0.0546. The average molecular weight is 377 g/mol. The molecule has 1 saturated heterocycles. The summed E-state index contributed by atoms with van der Waals surface area (Å²) in [5, 5.41) is 3.21. The van der Waals surface area contributed by atoms with Gasteiger partial charge in [0.2, 0.25) is 5.95 Å². The molecular formula is C22H27N5O. The van der Waals surface area contributed by atoms with Gasteiger partial charge in [-0.2, -0.15) is 0 Å². The van der Waals surface area contributed by atoms with Crippen molar-refractivity contribution in [1.82, 2.24) is 19.7 Å². The predicted octanol–water partition coefficient (Wildman–Crippen LogP) is 3.47. The van der Waals surface area contributed by atoms with Crippen molar-refractivity contribution in [3.8, 4) is 11.3 Å². The van der Waals surface area contributed by atoms with Crippen LogP contribution in [0.25, 0.3) is 11.3 Å². The molecule has 2 aromatic heterocycles. The summed E-state index contributed by atoms with van der Waals surface area (Å²) in [5.74, 6) is 2.08. The van der Waals surface area contributed by atoms with E-state index < -0.39 is 0 Å². The molecule has 1 N–H and O–H groups in total. The zero-order valence-electron chi connectivity index (χ0n) is 16.7. The van der Waals surface area contributed by atoms with E-state index in [1.54, 1.807) is 10.7 Å². The third-order valence-corrected chi connectivity index (χ3v) is 5.38. The Hall–Kier alpha value is -2.89. The maximum absolute atomic E-state index is 12.4. The molecule has 1 fully saturated rings. The van der Waals surface area contributed by atoms with Crippen LogP contribution >= 0.6 is 0 Å². The standard InChI is InChI=1S/C22H27N5O/c1-15-9-16(2)13-26(12-15)22-23-11-19(17(3)24-22)20-10-21(28)27(25-20)14-18-7-5-4-6-8-18/h4-8,10-11,15-16,25H,9,12-14H2,1-3H3. The summed E-state index contributed by atoms with van der Waals surface area (Å²) in [5.41, 5.74) is 3.52. The molecule has 6 nitrogen and oxygen atoms in total. The van der Waals surface area contributed by atoms with Crippen LogP contribution in [0.15, 0.2) is 47.4 Å². The average Bonchev–Trinajstić information content (AvgIpc) is 3.02. The number of hydrogen-bond acceptors (Lipinski definition) is 4. The topological polar surface area (TPSA) is 66.8 Å². The van der Waals surface area contributed by atoms with Crippen LogP contribution in [-0.2, 0) is 6.54 Å². The van der Waals surface area contributed by atoms with Crippen molar-refractivity contribution < 1.29 is 0 Å². The summed E-state index contributed by atoms with van der Waals surface area (Å²) in [6, 6.07) is 11.6.